The maximum absolute atomic E-state index is 10.3. The average Bonchev–Trinajstić information content (AvgIpc) is 3.11. The molecule has 2 heterocycles. The van der Waals surface area contributed by atoms with Crippen molar-refractivity contribution in [1.29, 1.82) is 0 Å². The number of aromatic nitrogens is 3. The minimum absolute atomic E-state index is 0.207. The van der Waals surface area contributed by atoms with E-state index in [2.05, 4.69) is 15.2 Å². The molecule has 0 radical (unpaired) electrons. The fourth-order valence-electron chi connectivity index (χ4n) is 2.21. The van der Waals surface area contributed by atoms with Crippen molar-refractivity contribution >= 4 is 5.97 Å². The zero-order valence-corrected chi connectivity index (χ0v) is 13.6. The number of hydrogen-bond donors (Lipinski definition) is 2. The van der Waals surface area contributed by atoms with Crippen molar-refractivity contribution < 1.29 is 19.4 Å². The molecule has 0 saturated carbocycles. The zero-order valence-electron chi connectivity index (χ0n) is 13.6. The number of ether oxygens (including phenoxy) is 2. The third-order valence-corrected chi connectivity index (χ3v) is 3.44. The number of hydrogen-bond acceptors (Lipinski definition) is 5. The van der Waals surface area contributed by atoms with Crippen LogP contribution in [0.2, 0.25) is 0 Å². The molecule has 2 N–H and O–H groups in total. The second kappa shape index (κ2) is 10.4. The largest absolute Gasteiger partial charge is 0.492 e. The van der Waals surface area contributed by atoms with Crippen LogP contribution in [0.5, 0.6) is 5.75 Å². The number of unbranched alkanes of at least 4 members (excludes halogenated alkanes) is 4. The molecule has 0 amide bonds. The summed E-state index contributed by atoms with van der Waals surface area (Å²) in [6, 6.07) is 5.68. The van der Waals surface area contributed by atoms with E-state index in [1.807, 2.05) is 18.2 Å². The second-order valence-electron chi connectivity index (χ2n) is 5.41. The number of pyridine rings is 1. The van der Waals surface area contributed by atoms with Crippen LogP contribution in [0.15, 0.2) is 30.6 Å². The Balaban J connectivity index is 1.50. The van der Waals surface area contributed by atoms with Crippen LogP contribution in [0.1, 0.15) is 32.1 Å². The summed E-state index contributed by atoms with van der Waals surface area (Å²) in [6.07, 6.45) is 8.51. The highest BCUT2D eigenvalue weighted by atomic mass is 16.5. The molecule has 0 saturated heterocycles. The molecule has 0 atom stereocenters. The molecule has 0 aliphatic carbocycles. The minimum atomic E-state index is -0.917. The lowest BCUT2D eigenvalue weighted by molar-refractivity contribution is -0.142. The Labute approximate surface area is 141 Å². The van der Waals surface area contributed by atoms with Crippen molar-refractivity contribution in [2.45, 2.75) is 32.1 Å². The monoisotopic (exact) mass is 333 g/mol. The van der Waals surface area contributed by atoms with E-state index in [9.17, 15) is 4.79 Å². The molecule has 2 aromatic rings. The van der Waals surface area contributed by atoms with Crippen molar-refractivity contribution in [3.63, 3.8) is 0 Å². The van der Waals surface area contributed by atoms with Crippen LogP contribution in [0.4, 0.5) is 0 Å². The highest BCUT2D eigenvalue weighted by Crippen LogP contribution is 2.17. The van der Waals surface area contributed by atoms with Gasteiger partial charge in [-0.15, -0.1) is 0 Å². The quantitative estimate of drug-likeness (QED) is 0.580. The average molecular weight is 333 g/mol. The molecule has 0 unspecified atom stereocenters. The van der Waals surface area contributed by atoms with Gasteiger partial charge in [0.05, 0.1) is 24.2 Å². The van der Waals surface area contributed by atoms with Crippen LogP contribution in [0.25, 0.3) is 11.4 Å². The Hall–Kier alpha value is -2.41. The van der Waals surface area contributed by atoms with Crippen molar-refractivity contribution in [2.75, 3.05) is 19.8 Å². The SMILES string of the molecule is O=C(O)COCCCCCCCOc1ccc(-c2ccn[nH]2)nc1. The summed E-state index contributed by atoms with van der Waals surface area (Å²) in [5, 5.41) is 15.2. The maximum atomic E-state index is 10.3. The van der Waals surface area contributed by atoms with Crippen LogP contribution in [-0.4, -0.2) is 46.1 Å². The first-order valence-corrected chi connectivity index (χ1v) is 8.14. The van der Waals surface area contributed by atoms with E-state index >= 15 is 0 Å². The van der Waals surface area contributed by atoms with Gasteiger partial charge >= 0.3 is 5.97 Å². The summed E-state index contributed by atoms with van der Waals surface area (Å²) in [6.45, 7) is 0.971. The molecule has 2 aromatic heterocycles. The van der Waals surface area contributed by atoms with E-state index in [0.29, 0.717) is 13.2 Å². The van der Waals surface area contributed by atoms with Crippen molar-refractivity contribution in [3.05, 3.63) is 30.6 Å². The Bertz CT molecular complexity index is 584. The predicted molar refractivity (Wildman–Crippen MR) is 88.9 cm³/mol. The third-order valence-electron chi connectivity index (χ3n) is 3.44. The fraction of sp³-hybridized carbons (Fsp3) is 0.471. The lowest BCUT2D eigenvalue weighted by atomic mass is 10.1. The van der Waals surface area contributed by atoms with Crippen LogP contribution >= 0.6 is 0 Å². The van der Waals surface area contributed by atoms with Gasteiger partial charge in [0.25, 0.3) is 0 Å². The summed E-state index contributed by atoms with van der Waals surface area (Å²) in [5.74, 6) is -0.153. The Kier molecular flexibility index (Phi) is 7.76. The molecule has 0 bridgehead atoms. The Morgan fingerprint density at radius 1 is 1.08 bits per heavy atom. The van der Waals surface area contributed by atoms with Gasteiger partial charge in [-0.1, -0.05) is 19.3 Å². The first-order valence-electron chi connectivity index (χ1n) is 8.14. The highest BCUT2D eigenvalue weighted by molar-refractivity contribution is 5.67. The number of aromatic amines is 1. The Morgan fingerprint density at radius 3 is 2.54 bits per heavy atom. The molecule has 0 spiro atoms. The lowest BCUT2D eigenvalue weighted by Crippen LogP contribution is -2.07. The summed E-state index contributed by atoms with van der Waals surface area (Å²) >= 11 is 0. The summed E-state index contributed by atoms with van der Waals surface area (Å²) in [4.78, 5) is 14.6. The first-order chi connectivity index (χ1) is 11.8. The number of carbonyl (C=O) groups is 1. The number of nitrogens with one attached hydrogen (secondary N) is 1. The number of aliphatic carboxylic acids is 1. The van der Waals surface area contributed by atoms with Crippen molar-refractivity contribution in [3.8, 4) is 17.1 Å². The van der Waals surface area contributed by atoms with Gasteiger partial charge in [-0.05, 0) is 31.0 Å². The third kappa shape index (κ3) is 6.78. The van der Waals surface area contributed by atoms with Gasteiger partial charge in [0.1, 0.15) is 12.4 Å². The molecular weight excluding hydrogens is 310 g/mol. The van der Waals surface area contributed by atoms with Crippen LogP contribution in [0.3, 0.4) is 0 Å². The number of nitrogens with zero attached hydrogens (tertiary/aromatic N) is 2. The van der Waals surface area contributed by atoms with E-state index in [1.54, 1.807) is 12.4 Å². The second-order valence-corrected chi connectivity index (χ2v) is 5.41. The van der Waals surface area contributed by atoms with Gasteiger partial charge in [-0.3, -0.25) is 10.1 Å². The number of rotatable bonds is 12. The molecule has 7 heteroatoms. The number of H-pyrrole nitrogens is 1. The van der Waals surface area contributed by atoms with Crippen LogP contribution in [0, 0.1) is 0 Å². The van der Waals surface area contributed by atoms with E-state index in [-0.39, 0.29) is 6.61 Å². The maximum Gasteiger partial charge on any atom is 0.329 e. The topological polar surface area (TPSA) is 97.3 Å². The summed E-state index contributed by atoms with van der Waals surface area (Å²) in [7, 11) is 0. The van der Waals surface area contributed by atoms with Gasteiger partial charge < -0.3 is 14.6 Å². The van der Waals surface area contributed by atoms with Gasteiger partial charge in [0, 0.05) is 12.8 Å². The molecule has 0 fully saturated rings. The molecule has 0 aliphatic rings. The summed E-state index contributed by atoms with van der Waals surface area (Å²) in [5.41, 5.74) is 1.72. The van der Waals surface area contributed by atoms with E-state index in [0.717, 1.165) is 49.2 Å². The number of carboxylic acid groups (broad SMARTS) is 1. The van der Waals surface area contributed by atoms with Gasteiger partial charge in [0.2, 0.25) is 0 Å². The normalized spacial score (nSPS) is 10.7. The van der Waals surface area contributed by atoms with Crippen molar-refractivity contribution in [2.24, 2.45) is 0 Å². The van der Waals surface area contributed by atoms with E-state index in [1.165, 1.54) is 0 Å². The lowest BCUT2D eigenvalue weighted by Gasteiger charge is -2.06. The van der Waals surface area contributed by atoms with Gasteiger partial charge in [-0.2, -0.15) is 5.10 Å². The smallest absolute Gasteiger partial charge is 0.329 e. The van der Waals surface area contributed by atoms with Crippen LogP contribution < -0.4 is 4.74 Å². The molecular formula is C17H23N3O4. The molecule has 130 valence electrons. The molecule has 0 aliphatic heterocycles. The van der Waals surface area contributed by atoms with E-state index < -0.39 is 5.97 Å². The summed E-state index contributed by atoms with van der Waals surface area (Å²) < 4.78 is 10.7. The highest BCUT2D eigenvalue weighted by Gasteiger charge is 2.01. The van der Waals surface area contributed by atoms with Crippen molar-refractivity contribution in [1.82, 2.24) is 15.2 Å². The Morgan fingerprint density at radius 2 is 1.88 bits per heavy atom. The molecule has 0 aromatic carbocycles. The number of carboxylic acids is 1. The first kappa shape index (κ1) is 17.9. The molecule has 2 rings (SSSR count). The predicted octanol–water partition coefficient (Wildman–Crippen LogP) is 2.90. The molecule has 24 heavy (non-hydrogen) atoms. The van der Waals surface area contributed by atoms with Gasteiger partial charge in [-0.25, -0.2) is 4.79 Å². The molecule has 7 nitrogen and oxygen atoms in total. The minimum Gasteiger partial charge on any atom is -0.492 e. The van der Waals surface area contributed by atoms with Gasteiger partial charge in [0.15, 0.2) is 0 Å². The fourth-order valence-corrected chi connectivity index (χ4v) is 2.21. The van der Waals surface area contributed by atoms with E-state index in [4.69, 9.17) is 14.6 Å². The standard InChI is InChI=1S/C17H23N3O4/c21-17(22)13-23-10-4-2-1-3-5-11-24-14-6-7-15(18-12-14)16-8-9-19-20-16/h6-9,12H,1-5,10-11,13H2,(H,19,20)(H,21,22). The van der Waals surface area contributed by atoms with Crippen LogP contribution in [-0.2, 0) is 9.53 Å². The zero-order chi connectivity index (χ0) is 17.0.